The lowest BCUT2D eigenvalue weighted by molar-refractivity contribution is -0.145. The van der Waals surface area contributed by atoms with E-state index < -0.39 is 5.41 Å². The van der Waals surface area contributed by atoms with Gasteiger partial charge in [0.15, 0.2) is 0 Å². The summed E-state index contributed by atoms with van der Waals surface area (Å²) in [6.45, 7) is 5.65. The van der Waals surface area contributed by atoms with Gasteiger partial charge in [0.1, 0.15) is 0 Å². The van der Waals surface area contributed by atoms with Gasteiger partial charge in [-0.3, -0.25) is 4.79 Å². The molecule has 0 radical (unpaired) electrons. The van der Waals surface area contributed by atoms with E-state index in [2.05, 4.69) is 0 Å². The molecule has 0 saturated carbocycles. The van der Waals surface area contributed by atoms with E-state index in [1.54, 1.807) is 4.90 Å². The van der Waals surface area contributed by atoms with E-state index in [1.165, 1.54) is 0 Å². The lowest BCUT2D eigenvalue weighted by Crippen LogP contribution is -2.51. The summed E-state index contributed by atoms with van der Waals surface area (Å²) in [6, 6.07) is 0. The normalized spacial score (nSPS) is 22.2. The fourth-order valence-corrected chi connectivity index (χ4v) is 2.40. The van der Waals surface area contributed by atoms with E-state index in [9.17, 15) is 9.90 Å². The molecule has 16 heavy (non-hydrogen) atoms. The predicted molar refractivity (Wildman–Crippen MR) is 63.9 cm³/mol. The van der Waals surface area contributed by atoms with Crippen LogP contribution in [0.1, 0.15) is 39.5 Å². The minimum absolute atomic E-state index is 0.124. The molecule has 1 rings (SSSR count). The highest BCUT2D eigenvalue weighted by Crippen LogP contribution is 2.29. The van der Waals surface area contributed by atoms with Crippen molar-refractivity contribution < 1.29 is 9.90 Å². The number of amides is 1. The summed E-state index contributed by atoms with van der Waals surface area (Å²) in [7, 11) is 0. The molecule has 1 fully saturated rings. The van der Waals surface area contributed by atoms with Crippen molar-refractivity contribution in [2.45, 2.75) is 45.6 Å². The van der Waals surface area contributed by atoms with Gasteiger partial charge in [0.05, 0.1) is 11.5 Å². The van der Waals surface area contributed by atoms with Gasteiger partial charge in [-0.2, -0.15) is 0 Å². The molecule has 0 aromatic heterocycles. The van der Waals surface area contributed by atoms with Crippen LogP contribution >= 0.6 is 0 Å². The molecule has 94 valence electrons. The summed E-state index contributed by atoms with van der Waals surface area (Å²) < 4.78 is 0. The molecule has 0 bridgehead atoms. The van der Waals surface area contributed by atoms with Gasteiger partial charge >= 0.3 is 0 Å². The third kappa shape index (κ3) is 2.55. The van der Waals surface area contributed by atoms with Crippen LogP contribution in [0.15, 0.2) is 0 Å². The zero-order valence-electron chi connectivity index (χ0n) is 10.4. The van der Waals surface area contributed by atoms with E-state index in [4.69, 9.17) is 5.73 Å². The topological polar surface area (TPSA) is 66.6 Å². The van der Waals surface area contributed by atoms with Crippen LogP contribution < -0.4 is 5.73 Å². The van der Waals surface area contributed by atoms with Gasteiger partial charge in [-0.25, -0.2) is 0 Å². The van der Waals surface area contributed by atoms with Crippen molar-refractivity contribution in [3.8, 4) is 0 Å². The Labute approximate surface area is 97.8 Å². The molecule has 0 spiro atoms. The van der Waals surface area contributed by atoms with Gasteiger partial charge in [-0.1, -0.05) is 13.8 Å². The standard InChI is InChI=1S/C12H24N2O2/c1-3-12(4-2,9-13)11(16)14-7-5-6-10(15)8-14/h10,15H,3-9,13H2,1-2H3/t10-/m0/s1. The van der Waals surface area contributed by atoms with Gasteiger partial charge < -0.3 is 15.7 Å². The molecule has 4 heteroatoms. The van der Waals surface area contributed by atoms with Crippen LogP contribution in [0.3, 0.4) is 0 Å². The number of hydrogen-bond donors (Lipinski definition) is 2. The average Bonchev–Trinajstić information content (AvgIpc) is 2.32. The molecule has 0 aliphatic carbocycles. The SMILES string of the molecule is CCC(CC)(CN)C(=O)N1CCC[C@H](O)C1. The van der Waals surface area contributed by atoms with E-state index in [-0.39, 0.29) is 12.0 Å². The van der Waals surface area contributed by atoms with E-state index in [1.807, 2.05) is 13.8 Å². The summed E-state index contributed by atoms with van der Waals surface area (Å²) in [4.78, 5) is 14.2. The first-order chi connectivity index (χ1) is 7.59. The largest absolute Gasteiger partial charge is 0.391 e. The van der Waals surface area contributed by atoms with Crippen LogP contribution in [-0.4, -0.2) is 41.7 Å². The number of carbonyl (C=O) groups excluding carboxylic acids is 1. The van der Waals surface area contributed by atoms with Crippen molar-refractivity contribution in [2.24, 2.45) is 11.1 Å². The molecular weight excluding hydrogens is 204 g/mol. The summed E-state index contributed by atoms with van der Waals surface area (Å²) in [6.07, 6.45) is 2.87. The first-order valence-corrected chi connectivity index (χ1v) is 6.27. The van der Waals surface area contributed by atoms with E-state index in [0.29, 0.717) is 13.1 Å². The third-order valence-electron chi connectivity index (χ3n) is 3.88. The molecule has 1 aliphatic rings. The van der Waals surface area contributed by atoms with Crippen molar-refractivity contribution >= 4 is 5.91 Å². The summed E-state index contributed by atoms with van der Waals surface area (Å²) in [5, 5.41) is 9.59. The van der Waals surface area contributed by atoms with Crippen molar-refractivity contribution in [3.05, 3.63) is 0 Å². The van der Waals surface area contributed by atoms with Crippen LogP contribution in [0.25, 0.3) is 0 Å². The molecule has 3 N–H and O–H groups in total. The molecule has 1 atom stereocenters. The molecule has 1 saturated heterocycles. The molecule has 1 amide bonds. The van der Waals surface area contributed by atoms with Gasteiger partial charge in [-0.15, -0.1) is 0 Å². The fraction of sp³-hybridized carbons (Fsp3) is 0.917. The van der Waals surface area contributed by atoms with E-state index >= 15 is 0 Å². The molecular formula is C12H24N2O2. The Balaban J connectivity index is 2.74. The quantitative estimate of drug-likeness (QED) is 0.745. The number of nitrogens with zero attached hydrogens (tertiary/aromatic N) is 1. The Morgan fingerprint density at radius 1 is 1.50 bits per heavy atom. The van der Waals surface area contributed by atoms with Crippen LogP contribution in [0, 0.1) is 5.41 Å². The fourth-order valence-electron chi connectivity index (χ4n) is 2.40. The molecule has 0 aromatic carbocycles. The van der Waals surface area contributed by atoms with Crippen molar-refractivity contribution in [3.63, 3.8) is 0 Å². The van der Waals surface area contributed by atoms with Gasteiger partial charge in [0.2, 0.25) is 5.91 Å². The second-order valence-corrected chi connectivity index (χ2v) is 4.74. The Bertz CT molecular complexity index is 231. The molecule has 0 unspecified atom stereocenters. The van der Waals surface area contributed by atoms with Crippen LogP contribution in [-0.2, 0) is 4.79 Å². The highest BCUT2D eigenvalue weighted by Gasteiger charge is 2.38. The van der Waals surface area contributed by atoms with Crippen LogP contribution in [0.5, 0.6) is 0 Å². The van der Waals surface area contributed by atoms with E-state index in [0.717, 1.165) is 32.2 Å². The van der Waals surface area contributed by atoms with Gasteiger partial charge in [0, 0.05) is 19.6 Å². The zero-order valence-corrected chi connectivity index (χ0v) is 10.4. The van der Waals surface area contributed by atoms with Gasteiger partial charge in [0.25, 0.3) is 0 Å². The zero-order chi connectivity index (χ0) is 12.2. The minimum Gasteiger partial charge on any atom is -0.391 e. The average molecular weight is 228 g/mol. The lowest BCUT2D eigenvalue weighted by Gasteiger charge is -2.38. The number of rotatable bonds is 4. The summed E-state index contributed by atoms with van der Waals surface area (Å²) in [5.74, 6) is 0.124. The lowest BCUT2D eigenvalue weighted by atomic mass is 9.80. The van der Waals surface area contributed by atoms with Crippen molar-refractivity contribution in [1.29, 1.82) is 0 Å². The van der Waals surface area contributed by atoms with Gasteiger partial charge in [-0.05, 0) is 25.7 Å². The molecule has 0 aromatic rings. The Morgan fingerprint density at radius 2 is 2.12 bits per heavy atom. The van der Waals surface area contributed by atoms with Crippen LogP contribution in [0.2, 0.25) is 0 Å². The number of aliphatic hydroxyl groups excluding tert-OH is 1. The Morgan fingerprint density at radius 3 is 2.56 bits per heavy atom. The summed E-state index contributed by atoms with van der Waals surface area (Å²) in [5.41, 5.74) is 5.34. The molecule has 1 aliphatic heterocycles. The summed E-state index contributed by atoms with van der Waals surface area (Å²) >= 11 is 0. The monoisotopic (exact) mass is 228 g/mol. The number of likely N-dealkylation sites (tertiary alicyclic amines) is 1. The second-order valence-electron chi connectivity index (χ2n) is 4.74. The Kier molecular flexibility index (Phi) is 4.74. The molecule has 1 heterocycles. The minimum atomic E-state index is -0.420. The third-order valence-corrected chi connectivity index (χ3v) is 3.88. The predicted octanol–water partition coefficient (Wildman–Crippen LogP) is 0.735. The second kappa shape index (κ2) is 5.64. The first-order valence-electron chi connectivity index (χ1n) is 6.27. The number of carbonyl (C=O) groups is 1. The maximum atomic E-state index is 12.4. The number of piperidine rings is 1. The number of aliphatic hydroxyl groups is 1. The Hall–Kier alpha value is -0.610. The number of nitrogens with two attached hydrogens (primary N) is 1. The first kappa shape index (κ1) is 13.5. The maximum Gasteiger partial charge on any atom is 0.230 e. The highest BCUT2D eigenvalue weighted by molar-refractivity contribution is 5.83. The molecule has 4 nitrogen and oxygen atoms in total. The smallest absolute Gasteiger partial charge is 0.230 e. The van der Waals surface area contributed by atoms with Crippen LogP contribution in [0.4, 0.5) is 0 Å². The highest BCUT2D eigenvalue weighted by atomic mass is 16.3. The van der Waals surface area contributed by atoms with Crippen molar-refractivity contribution in [1.82, 2.24) is 4.90 Å². The van der Waals surface area contributed by atoms with Crippen molar-refractivity contribution in [2.75, 3.05) is 19.6 Å². The maximum absolute atomic E-state index is 12.4. The number of β-amino-alcohol motifs (C(OH)–C–C–N with tert-alkyl or cyclic N) is 1. The number of hydrogen-bond acceptors (Lipinski definition) is 3.